The monoisotopic (exact) mass is 500 g/mol. The number of benzene rings is 2. The van der Waals surface area contributed by atoms with Crippen molar-refractivity contribution < 1.29 is 30.0 Å². The molecule has 0 atom stereocenters. The SMILES string of the molecule is CC(=[OH+])/C=C(/C)O.[Ir].[c-]1ccccc1C1=NCCc2ccccc21. The van der Waals surface area contributed by atoms with Crippen molar-refractivity contribution in [1.29, 1.82) is 0 Å². The van der Waals surface area contributed by atoms with Crippen LogP contribution in [0, 0.1) is 6.07 Å². The molecule has 1 radical (unpaired) electrons. The number of allylic oxidation sites excluding steroid dienone is 2. The Hall–Kier alpha value is -2.03. The van der Waals surface area contributed by atoms with Crippen LogP contribution in [-0.2, 0) is 26.5 Å². The van der Waals surface area contributed by atoms with E-state index in [0.717, 1.165) is 24.2 Å². The fraction of sp³-hybridized carbons (Fsp3) is 0.200. The maximum atomic E-state index is 8.40. The first-order valence-corrected chi connectivity index (χ1v) is 7.57. The van der Waals surface area contributed by atoms with Crippen molar-refractivity contribution in [2.45, 2.75) is 20.3 Å². The minimum absolute atomic E-state index is 0. The molecular weight excluding hydrogens is 478 g/mol. The summed E-state index contributed by atoms with van der Waals surface area (Å²) in [7, 11) is 0. The van der Waals surface area contributed by atoms with Crippen LogP contribution in [0.5, 0.6) is 0 Å². The molecule has 0 bridgehead atoms. The van der Waals surface area contributed by atoms with Crippen LogP contribution in [0.4, 0.5) is 0 Å². The van der Waals surface area contributed by atoms with E-state index in [9.17, 15) is 0 Å². The molecule has 4 heteroatoms. The minimum Gasteiger partial charge on any atom is -0.512 e. The van der Waals surface area contributed by atoms with Crippen LogP contribution >= 0.6 is 0 Å². The van der Waals surface area contributed by atoms with Gasteiger partial charge in [0.25, 0.3) is 0 Å². The Labute approximate surface area is 156 Å². The van der Waals surface area contributed by atoms with Gasteiger partial charge in [-0.2, -0.15) is 0 Å². The van der Waals surface area contributed by atoms with Crippen LogP contribution in [0.3, 0.4) is 0 Å². The molecule has 2 aromatic rings. The average molecular weight is 500 g/mol. The number of hydrogen-bond donors (Lipinski definition) is 1. The maximum absolute atomic E-state index is 8.40. The number of aliphatic imine (C=N–C) groups is 1. The number of ketones is 1. The maximum Gasteiger partial charge on any atom is 0.316 e. The summed E-state index contributed by atoms with van der Waals surface area (Å²) in [5.74, 6) is 0.250. The molecule has 3 nitrogen and oxygen atoms in total. The van der Waals surface area contributed by atoms with E-state index in [4.69, 9.17) is 9.90 Å². The van der Waals surface area contributed by atoms with E-state index in [1.165, 1.54) is 31.1 Å². The molecule has 1 heterocycles. The number of nitrogens with zero attached hydrogens (tertiary/aromatic N) is 1. The summed E-state index contributed by atoms with van der Waals surface area (Å²) in [6, 6.07) is 19.8. The Kier molecular flexibility index (Phi) is 8.31. The molecule has 3 rings (SSSR count). The van der Waals surface area contributed by atoms with Gasteiger partial charge in [-0.1, -0.05) is 24.3 Å². The summed E-state index contributed by atoms with van der Waals surface area (Å²) in [5, 5.41) is 8.40. The van der Waals surface area contributed by atoms with Crippen LogP contribution < -0.4 is 0 Å². The zero-order valence-corrected chi connectivity index (χ0v) is 16.2. The van der Waals surface area contributed by atoms with Crippen LogP contribution in [0.15, 0.2) is 65.4 Å². The predicted molar refractivity (Wildman–Crippen MR) is 94.9 cm³/mol. The summed E-state index contributed by atoms with van der Waals surface area (Å²) in [6.07, 6.45) is 2.33. The summed E-state index contributed by atoms with van der Waals surface area (Å²) >= 11 is 0. The quantitative estimate of drug-likeness (QED) is 0.290. The number of hydrogen-bond acceptors (Lipinski definition) is 2. The van der Waals surface area contributed by atoms with Crippen LogP contribution in [0.1, 0.15) is 30.5 Å². The number of aliphatic hydroxyl groups is 1. The van der Waals surface area contributed by atoms with Gasteiger partial charge in [0.05, 0.1) is 18.8 Å². The second-order valence-corrected chi connectivity index (χ2v) is 5.34. The summed E-state index contributed by atoms with van der Waals surface area (Å²) in [4.78, 5) is 13.0. The molecule has 127 valence electrons. The Bertz CT molecular complexity index is 732. The van der Waals surface area contributed by atoms with E-state index in [-0.39, 0.29) is 31.6 Å². The van der Waals surface area contributed by atoms with E-state index in [2.05, 4.69) is 41.4 Å². The third-order valence-electron chi connectivity index (χ3n) is 3.31. The topological polar surface area (TPSA) is 54.0 Å². The van der Waals surface area contributed by atoms with Gasteiger partial charge >= 0.3 is 5.78 Å². The van der Waals surface area contributed by atoms with E-state index in [1.807, 2.05) is 18.2 Å². The molecule has 1 aliphatic rings. The van der Waals surface area contributed by atoms with Gasteiger partial charge in [0.15, 0.2) is 0 Å². The normalized spacial score (nSPS) is 12.8. The Balaban J connectivity index is 0.000000312. The molecule has 0 spiro atoms. The molecule has 24 heavy (non-hydrogen) atoms. The molecule has 0 fully saturated rings. The largest absolute Gasteiger partial charge is 0.512 e. The number of rotatable bonds is 2. The third kappa shape index (κ3) is 5.88. The number of carbonyl (C=O) groups excluding carboxylic acids is 1. The van der Waals surface area contributed by atoms with Gasteiger partial charge in [0, 0.05) is 26.7 Å². The summed E-state index contributed by atoms with van der Waals surface area (Å²) in [6.45, 7) is 3.88. The van der Waals surface area contributed by atoms with E-state index in [1.54, 1.807) is 0 Å². The van der Waals surface area contributed by atoms with E-state index >= 15 is 0 Å². The fourth-order valence-corrected chi connectivity index (χ4v) is 2.42. The first-order valence-electron chi connectivity index (χ1n) is 7.57. The first kappa shape index (κ1) is 20.0. The van der Waals surface area contributed by atoms with Crippen LogP contribution in [-0.4, -0.2) is 27.9 Å². The van der Waals surface area contributed by atoms with Gasteiger partial charge in [-0.3, -0.25) is 4.79 Å². The molecule has 0 saturated heterocycles. The summed E-state index contributed by atoms with van der Waals surface area (Å²) in [5.41, 5.74) is 4.83. The van der Waals surface area contributed by atoms with Gasteiger partial charge in [-0.25, -0.2) is 0 Å². The standard InChI is InChI=1S/C15H12N.C5H8O2.Ir/c1-2-7-13(8-3-1)15-14-9-5-4-6-12(14)10-11-16-15;1-4(6)3-5(2)7;/h1-7,9H,10-11H2;3,6H,1-2H3;/q-1;;/p+1/b;4-3-;. The van der Waals surface area contributed by atoms with Gasteiger partial charge < -0.3 is 10.1 Å². The van der Waals surface area contributed by atoms with Crippen molar-refractivity contribution in [3.8, 4) is 0 Å². The van der Waals surface area contributed by atoms with Crippen molar-refractivity contribution in [3.05, 3.63) is 83.1 Å². The van der Waals surface area contributed by atoms with Gasteiger partial charge in [-0.15, -0.1) is 35.9 Å². The van der Waals surface area contributed by atoms with Crippen molar-refractivity contribution in [3.63, 3.8) is 0 Å². The average Bonchev–Trinajstić information content (AvgIpc) is 2.54. The van der Waals surface area contributed by atoms with Crippen molar-refractivity contribution in [2.75, 3.05) is 6.54 Å². The van der Waals surface area contributed by atoms with Crippen molar-refractivity contribution in [2.24, 2.45) is 4.99 Å². The van der Waals surface area contributed by atoms with E-state index in [0.29, 0.717) is 0 Å². The van der Waals surface area contributed by atoms with Crippen LogP contribution in [0.2, 0.25) is 0 Å². The van der Waals surface area contributed by atoms with Gasteiger partial charge in [0.2, 0.25) is 0 Å². The molecule has 0 aromatic heterocycles. The van der Waals surface area contributed by atoms with E-state index < -0.39 is 0 Å². The second kappa shape index (κ2) is 9.96. The Morgan fingerprint density at radius 1 is 1.17 bits per heavy atom. The molecule has 0 aliphatic carbocycles. The molecular formula is C20H21IrNO2. The smallest absolute Gasteiger partial charge is 0.316 e. The third-order valence-corrected chi connectivity index (χ3v) is 3.31. The molecule has 0 amide bonds. The zero-order valence-electron chi connectivity index (χ0n) is 13.8. The Morgan fingerprint density at radius 2 is 1.88 bits per heavy atom. The number of aliphatic hydroxyl groups excluding tert-OH is 1. The summed E-state index contributed by atoms with van der Waals surface area (Å²) < 4.78 is 0. The minimum atomic E-state index is 0. The second-order valence-electron chi connectivity index (χ2n) is 5.34. The van der Waals surface area contributed by atoms with Crippen LogP contribution in [0.25, 0.3) is 0 Å². The fourth-order valence-electron chi connectivity index (χ4n) is 2.42. The molecule has 0 unspecified atom stereocenters. The molecule has 2 aromatic carbocycles. The first-order chi connectivity index (χ1) is 11.1. The van der Waals surface area contributed by atoms with Crippen molar-refractivity contribution >= 4 is 11.5 Å². The Morgan fingerprint density at radius 3 is 2.46 bits per heavy atom. The van der Waals surface area contributed by atoms with Gasteiger partial charge in [-0.05, 0) is 30.2 Å². The number of fused-ring (bicyclic) bond motifs is 1. The predicted octanol–water partition coefficient (Wildman–Crippen LogP) is 3.89. The molecule has 0 saturated carbocycles. The molecule has 1 aliphatic heterocycles. The van der Waals surface area contributed by atoms with Crippen molar-refractivity contribution in [1.82, 2.24) is 0 Å². The molecule has 2 N–H and O–H groups in total. The zero-order chi connectivity index (χ0) is 16.7. The van der Waals surface area contributed by atoms with Gasteiger partial charge in [0.1, 0.15) is 0 Å².